The molecule has 1 aliphatic heterocycles. The van der Waals surface area contributed by atoms with Crippen molar-refractivity contribution in [1.82, 2.24) is 0 Å². The Kier molecular flexibility index (Phi) is 3.74. The Labute approximate surface area is 133 Å². The molecule has 4 nitrogen and oxygen atoms in total. The molecule has 0 saturated carbocycles. The van der Waals surface area contributed by atoms with Crippen LogP contribution in [0.15, 0.2) is 42.5 Å². The third kappa shape index (κ3) is 2.40. The van der Waals surface area contributed by atoms with Gasteiger partial charge in [0.2, 0.25) is 5.90 Å². The van der Waals surface area contributed by atoms with E-state index >= 15 is 0 Å². The van der Waals surface area contributed by atoms with E-state index in [1.54, 1.807) is 19.2 Å². The number of nitrogens with one attached hydrogen (secondary N) is 1. The normalized spacial score (nSPS) is 19.8. The van der Waals surface area contributed by atoms with Crippen LogP contribution in [0, 0.1) is 22.7 Å². The van der Waals surface area contributed by atoms with Gasteiger partial charge in [0.05, 0.1) is 13.2 Å². The van der Waals surface area contributed by atoms with Gasteiger partial charge in [-0.1, -0.05) is 29.8 Å². The van der Waals surface area contributed by atoms with E-state index in [0.717, 1.165) is 11.1 Å². The number of ether oxygens (including phenoxy) is 2. The highest BCUT2D eigenvalue weighted by molar-refractivity contribution is 6.30. The maximum absolute atomic E-state index is 9.46. The molecular weight excluding hydrogens is 300 g/mol. The van der Waals surface area contributed by atoms with Crippen molar-refractivity contribution >= 4 is 17.5 Å². The van der Waals surface area contributed by atoms with Crippen LogP contribution in [0.25, 0.3) is 0 Å². The minimum absolute atomic E-state index is 0.0618. The number of rotatable bonds is 2. The van der Waals surface area contributed by atoms with Crippen LogP contribution in [0.5, 0.6) is 11.5 Å². The minimum atomic E-state index is -0.681. The van der Waals surface area contributed by atoms with E-state index in [1.165, 1.54) is 0 Å². The fraction of sp³-hybridized carbons (Fsp3) is 0.176. The van der Waals surface area contributed by atoms with Gasteiger partial charge in [-0.2, -0.15) is 5.26 Å². The standard InChI is InChI=1S/C17H13ClN2O2/c1-21-12-5-6-13-15(8-12)22-17(20)14(9-19)16(13)10-3-2-4-11(18)7-10/h2-8,14,16,20H,1H3. The summed E-state index contributed by atoms with van der Waals surface area (Å²) in [6, 6.07) is 15.0. The summed E-state index contributed by atoms with van der Waals surface area (Å²) in [5.41, 5.74) is 1.74. The molecule has 2 unspecified atom stereocenters. The first-order chi connectivity index (χ1) is 10.6. The SMILES string of the molecule is COc1ccc2c(c1)OC(=N)C(C#N)C2c1cccc(Cl)c1. The molecule has 2 aromatic carbocycles. The van der Waals surface area contributed by atoms with Gasteiger partial charge in [-0.05, 0) is 23.8 Å². The number of nitrogens with zero attached hydrogens (tertiary/aromatic N) is 1. The lowest BCUT2D eigenvalue weighted by atomic mass is 9.79. The highest BCUT2D eigenvalue weighted by Gasteiger charge is 2.37. The molecule has 5 heteroatoms. The van der Waals surface area contributed by atoms with E-state index in [4.69, 9.17) is 26.5 Å². The topological polar surface area (TPSA) is 66.1 Å². The van der Waals surface area contributed by atoms with Crippen LogP contribution in [-0.2, 0) is 0 Å². The molecule has 0 radical (unpaired) electrons. The van der Waals surface area contributed by atoms with Crippen molar-refractivity contribution in [3.05, 3.63) is 58.6 Å². The van der Waals surface area contributed by atoms with Gasteiger partial charge in [-0.25, -0.2) is 0 Å². The van der Waals surface area contributed by atoms with Crippen LogP contribution in [-0.4, -0.2) is 13.0 Å². The number of benzene rings is 2. The van der Waals surface area contributed by atoms with Crippen LogP contribution in [0.4, 0.5) is 0 Å². The number of halogens is 1. The summed E-state index contributed by atoms with van der Waals surface area (Å²) in [6.45, 7) is 0. The van der Waals surface area contributed by atoms with E-state index in [2.05, 4.69) is 6.07 Å². The van der Waals surface area contributed by atoms with Crippen LogP contribution >= 0.6 is 11.6 Å². The Balaban J connectivity index is 2.18. The van der Waals surface area contributed by atoms with Gasteiger partial charge < -0.3 is 9.47 Å². The first-order valence-electron chi connectivity index (χ1n) is 6.73. The molecule has 0 fully saturated rings. The van der Waals surface area contributed by atoms with Crippen molar-refractivity contribution < 1.29 is 9.47 Å². The van der Waals surface area contributed by atoms with Gasteiger partial charge in [-0.3, -0.25) is 5.41 Å². The molecule has 1 heterocycles. The van der Waals surface area contributed by atoms with E-state index in [1.807, 2.05) is 30.3 Å². The summed E-state index contributed by atoms with van der Waals surface area (Å²) in [4.78, 5) is 0. The van der Waals surface area contributed by atoms with Crippen LogP contribution in [0.2, 0.25) is 5.02 Å². The molecule has 3 rings (SSSR count). The van der Waals surface area contributed by atoms with Crippen LogP contribution in [0.1, 0.15) is 17.0 Å². The molecule has 0 spiro atoms. The Morgan fingerprint density at radius 1 is 1.27 bits per heavy atom. The number of methoxy groups -OCH3 is 1. The zero-order chi connectivity index (χ0) is 15.7. The maximum atomic E-state index is 9.46. The predicted molar refractivity (Wildman–Crippen MR) is 83.7 cm³/mol. The van der Waals surface area contributed by atoms with Crippen molar-refractivity contribution in [3.63, 3.8) is 0 Å². The molecule has 0 aliphatic carbocycles. The van der Waals surface area contributed by atoms with E-state index in [9.17, 15) is 5.26 Å². The molecule has 2 atom stereocenters. The molecule has 2 aromatic rings. The second kappa shape index (κ2) is 5.70. The largest absolute Gasteiger partial charge is 0.497 e. The Bertz CT molecular complexity index is 782. The van der Waals surface area contributed by atoms with Crippen molar-refractivity contribution in [1.29, 1.82) is 10.7 Å². The average molecular weight is 313 g/mol. The predicted octanol–water partition coefficient (Wildman–Crippen LogP) is 3.99. The Morgan fingerprint density at radius 3 is 2.77 bits per heavy atom. The number of nitriles is 1. The lowest BCUT2D eigenvalue weighted by Gasteiger charge is -2.30. The first-order valence-corrected chi connectivity index (χ1v) is 7.11. The van der Waals surface area contributed by atoms with E-state index in [0.29, 0.717) is 16.5 Å². The monoisotopic (exact) mass is 312 g/mol. The van der Waals surface area contributed by atoms with Crippen LogP contribution in [0.3, 0.4) is 0 Å². The summed E-state index contributed by atoms with van der Waals surface area (Å²) >= 11 is 6.08. The second-order valence-electron chi connectivity index (χ2n) is 5.01. The van der Waals surface area contributed by atoms with E-state index in [-0.39, 0.29) is 11.8 Å². The quantitative estimate of drug-likeness (QED) is 0.911. The Hall–Kier alpha value is -2.51. The smallest absolute Gasteiger partial charge is 0.205 e. The van der Waals surface area contributed by atoms with Gasteiger partial charge in [0.1, 0.15) is 17.4 Å². The number of hydrogen-bond acceptors (Lipinski definition) is 4. The number of hydrogen-bond donors (Lipinski definition) is 1. The fourth-order valence-electron chi connectivity index (χ4n) is 2.71. The van der Waals surface area contributed by atoms with Crippen molar-refractivity contribution in [2.75, 3.05) is 7.11 Å². The van der Waals surface area contributed by atoms with Gasteiger partial charge in [-0.15, -0.1) is 0 Å². The van der Waals surface area contributed by atoms with Crippen molar-refractivity contribution in [2.45, 2.75) is 5.92 Å². The van der Waals surface area contributed by atoms with Crippen molar-refractivity contribution in [2.24, 2.45) is 5.92 Å². The lowest BCUT2D eigenvalue weighted by Crippen LogP contribution is -2.30. The molecule has 0 amide bonds. The summed E-state index contributed by atoms with van der Waals surface area (Å²) in [5.74, 6) is 0.158. The zero-order valence-electron chi connectivity index (χ0n) is 11.8. The summed E-state index contributed by atoms with van der Waals surface area (Å²) in [6.07, 6.45) is 0. The molecule has 110 valence electrons. The molecule has 0 bridgehead atoms. The molecule has 0 saturated heterocycles. The van der Waals surface area contributed by atoms with E-state index < -0.39 is 5.92 Å². The average Bonchev–Trinajstić information content (AvgIpc) is 2.52. The van der Waals surface area contributed by atoms with Gasteiger partial charge in [0.15, 0.2) is 0 Å². The highest BCUT2D eigenvalue weighted by Crippen LogP contribution is 2.43. The van der Waals surface area contributed by atoms with Crippen LogP contribution < -0.4 is 9.47 Å². The van der Waals surface area contributed by atoms with Gasteiger partial charge >= 0.3 is 0 Å². The molecule has 0 aromatic heterocycles. The molecule has 1 N–H and O–H groups in total. The second-order valence-corrected chi connectivity index (χ2v) is 5.45. The maximum Gasteiger partial charge on any atom is 0.205 e. The fourth-order valence-corrected chi connectivity index (χ4v) is 2.90. The molecule has 1 aliphatic rings. The Morgan fingerprint density at radius 2 is 2.09 bits per heavy atom. The van der Waals surface area contributed by atoms with Gasteiger partial charge in [0, 0.05) is 22.6 Å². The summed E-state index contributed by atoms with van der Waals surface area (Å²) < 4.78 is 10.7. The lowest BCUT2D eigenvalue weighted by molar-refractivity contribution is 0.404. The first kappa shape index (κ1) is 14.4. The summed E-state index contributed by atoms with van der Waals surface area (Å²) in [5, 5.41) is 18.1. The third-order valence-corrected chi connectivity index (χ3v) is 3.97. The highest BCUT2D eigenvalue weighted by atomic mass is 35.5. The third-order valence-electron chi connectivity index (χ3n) is 3.74. The zero-order valence-corrected chi connectivity index (χ0v) is 12.6. The minimum Gasteiger partial charge on any atom is -0.497 e. The summed E-state index contributed by atoms with van der Waals surface area (Å²) in [7, 11) is 1.57. The molecular formula is C17H13ClN2O2. The molecule has 22 heavy (non-hydrogen) atoms. The van der Waals surface area contributed by atoms with Gasteiger partial charge in [0.25, 0.3) is 0 Å². The van der Waals surface area contributed by atoms with Crippen molar-refractivity contribution in [3.8, 4) is 17.6 Å². The number of fused-ring (bicyclic) bond motifs is 1.